The van der Waals surface area contributed by atoms with E-state index in [2.05, 4.69) is 32.7 Å². The summed E-state index contributed by atoms with van der Waals surface area (Å²) in [5, 5.41) is 0. The summed E-state index contributed by atoms with van der Waals surface area (Å²) in [7, 11) is 2.16. The third-order valence-electron chi connectivity index (χ3n) is 2.79. The van der Waals surface area contributed by atoms with Crippen molar-refractivity contribution in [3.63, 3.8) is 0 Å². The fourth-order valence-corrected chi connectivity index (χ4v) is 1.34. The Morgan fingerprint density at radius 3 is 2.31 bits per heavy atom. The van der Waals surface area contributed by atoms with Crippen LogP contribution in [0, 0.1) is 0 Å². The second-order valence-electron chi connectivity index (χ2n) is 5.11. The standard InChI is InChI=1S/C14H23NO/c1-14(2,3)15(4)11-8-12-16-13-9-6-5-7-10-13/h5-7,9-10H,8,11-12H2,1-4H3. The Bertz CT molecular complexity index is 289. The molecular weight excluding hydrogens is 198 g/mol. The van der Waals surface area contributed by atoms with Crippen LogP contribution in [0.15, 0.2) is 30.3 Å². The Kier molecular flexibility index (Phi) is 4.81. The molecule has 1 aromatic rings. The largest absolute Gasteiger partial charge is 0.494 e. The molecule has 16 heavy (non-hydrogen) atoms. The third kappa shape index (κ3) is 4.67. The van der Waals surface area contributed by atoms with E-state index in [-0.39, 0.29) is 5.54 Å². The number of rotatable bonds is 5. The molecule has 90 valence electrons. The van der Waals surface area contributed by atoms with E-state index in [1.807, 2.05) is 30.3 Å². The molecule has 0 amide bonds. The van der Waals surface area contributed by atoms with Crippen molar-refractivity contribution in [3.8, 4) is 5.75 Å². The second kappa shape index (κ2) is 5.90. The lowest BCUT2D eigenvalue weighted by molar-refractivity contribution is 0.161. The molecule has 0 unspecified atom stereocenters. The van der Waals surface area contributed by atoms with Gasteiger partial charge >= 0.3 is 0 Å². The Labute approximate surface area is 99.2 Å². The maximum absolute atomic E-state index is 5.64. The molecule has 0 radical (unpaired) electrons. The zero-order valence-corrected chi connectivity index (χ0v) is 10.9. The van der Waals surface area contributed by atoms with Crippen molar-refractivity contribution in [2.75, 3.05) is 20.2 Å². The maximum atomic E-state index is 5.64. The van der Waals surface area contributed by atoms with Gasteiger partial charge in [-0.25, -0.2) is 0 Å². The Morgan fingerprint density at radius 2 is 1.75 bits per heavy atom. The molecule has 0 N–H and O–H groups in total. The molecule has 1 rings (SSSR count). The van der Waals surface area contributed by atoms with Gasteiger partial charge in [0.05, 0.1) is 6.61 Å². The minimum Gasteiger partial charge on any atom is -0.494 e. The molecule has 0 saturated carbocycles. The van der Waals surface area contributed by atoms with Crippen LogP contribution in [0.2, 0.25) is 0 Å². The van der Waals surface area contributed by atoms with Crippen LogP contribution in [0.5, 0.6) is 5.75 Å². The van der Waals surface area contributed by atoms with Crippen molar-refractivity contribution < 1.29 is 4.74 Å². The lowest BCUT2D eigenvalue weighted by Crippen LogP contribution is -2.39. The molecule has 1 aromatic carbocycles. The maximum Gasteiger partial charge on any atom is 0.119 e. The molecule has 0 aliphatic heterocycles. The SMILES string of the molecule is CN(CCCOc1ccccc1)C(C)(C)C. The predicted octanol–water partition coefficient (Wildman–Crippen LogP) is 3.19. The normalized spacial score (nSPS) is 11.8. The van der Waals surface area contributed by atoms with Gasteiger partial charge in [-0.3, -0.25) is 0 Å². The zero-order chi connectivity index (χ0) is 12.0. The molecule has 0 fully saturated rings. The first-order chi connectivity index (χ1) is 7.50. The fraction of sp³-hybridized carbons (Fsp3) is 0.571. The van der Waals surface area contributed by atoms with Gasteiger partial charge in [-0.15, -0.1) is 0 Å². The average Bonchev–Trinajstić information content (AvgIpc) is 2.24. The van der Waals surface area contributed by atoms with E-state index in [0.29, 0.717) is 0 Å². The summed E-state index contributed by atoms with van der Waals surface area (Å²) >= 11 is 0. The number of para-hydroxylation sites is 1. The van der Waals surface area contributed by atoms with Crippen LogP contribution in [0.1, 0.15) is 27.2 Å². The first-order valence-corrected chi connectivity index (χ1v) is 5.89. The summed E-state index contributed by atoms with van der Waals surface area (Å²) in [6, 6.07) is 9.98. The van der Waals surface area contributed by atoms with E-state index in [1.54, 1.807) is 0 Å². The Balaban J connectivity index is 2.18. The minimum atomic E-state index is 0.243. The van der Waals surface area contributed by atoms with Crippen molar-refractivity contribution >= 4 is 0 Å². The van der Waals surface area contributed by atoms with Crippen LogP contribution in [0.25, 0.3) is 0 Å². The van der Waals surface area contributed by atoms with Gasteiger partial charge in [0.2, 0.25) is 0 Å². The van der Waals surface area contributed by atoms with Crippen LogP contribution in [-0.2, 0) is 0 Å². The molecular formula is C14H23NO. The molecule has 2 nitrogen and oxygen atoms in total. The first-order valence-electron chi connectivity index (χ1n) is 5.89. The molecule has 0 aliphatic rings. The Morgan fingerprint density at radius 1 is 1.12 bits per heavy atom. The van der Waals surface area contributed by atoms with Crippen LogP contribution < -0.4 is 4.74 Å². The first kappa shape index (κ1) is 13.0. The molecule has 0 bridgehead atoms. The van der Waals surface area contributed by atoms with Gasteiger partial charge in [0.15, 0.2) is 0 Å². The molecule has 2 heteroatoms. The summed E-state index contributed by atoms with van der Waals surface area (Å²) in [6.07, 6.45) is 1.06. The van der Waals surface area contributed by atoms with Gasteiger partial charge < -0.3 is 9.64 Å². The van der Waals surface area contributed by atoms with Crippen molar-refractivity contribution in [2.45, 2.75) is 32.7 Å². The van der Waals surface area contributed by atoms with E-state index in [0.717, 1.165) is 25.3 Å². The van der Waals surface area contributed by atoms with Gasteiger partial charge in [-0.05, 0) is 46.4 Å². The van der Waals surface area contributed by atoms with Crippen LogP contribution in [0.3, 0.4) is 0 Å². The summed E-state index contributed by atoms with van der Waals surface area (Å²) in [5.74, 6) is 0.959. The van der Waals surface area contributed by atoms with Crippen molar-refractivity contribution in [1.82, 2.24) is 4.90 Å². The van der Waals surface area contributed by atoms with E-state index in [9.17, 15) is 0 Å². The monoisotopic (exact) mass is 221 g/mol. The molecule has 0 aliphatic carbocycles. The number of hydrogen-bond donors (Lipinski definition) is 0. The minimum absolute atomic E-state index is 0.243. The molecule has 0 heterocycles. The molecule has 0 saturated heterocycles. The highest BCUT2D eigenvalue weighted by Gasteiger charge is 2.15. The lowest BCUT2D eigenvalue weighted by atomic mass is 10.1. The topological polar surface area (TPSA) is 12.5 Å². The van der Waals surface area contributed by atoms with Gasteiger partial charge in [0, 0.05) is 12.1 Å². The van der Waals surface area contributed by atoms with Gasteiger partial charge in [-0.2, -0.15) is 0 Å². The van der Waals surface area contributed by atoms with Crippen LogP contribution in [0.4, 0.5) is 0 Å². The van der Waals surface area contributed by atoms with Crippen molar-refractivity contribution in [3.05, 3.63) is 30.3 Å². The molecule has 0 aromatic heterocycles. The van der Waals surface area contributed by atoms with Crippen molar-refractivity contribution in [1.29, 1.82) is 0 Å². The third-order valence-corrected chi connectivity index (χ3v) is 2.79. The summed E-state index contributed by atoms with van der Waals surface area (Å²) in [4.78, 5) is 2.35. The highest BCUT2D eigenvalue weighted by atomic mass is 16.5. The number of ether oxygens (including phenoxy) is 1. The van der Waals surface area contributed by atoms with Crippen LogP contribution >= 0.6 is 0 Å². The smallest absolute Gasteiger partial charge is 0.119 e. The van der Waals surface area contributed by atoms with E-state index in [1.165, 1.54) is 0 Å². The highest BCUT2D eigenvalue weighted by molar-refractivity contribution is 5.20. The quantitative estimate of drug-likeness (QED) is 0.708. The van der Waals surface area contributed by atoms with E-state index >= 15 is 0 Å². The van der Waals surface area contributed by atoms with E-state index < -0.39 is 0 Å². The molecule has 0 atom stereocenters. The zero-order valence-electron chi connectivity index (χ0n) is 10.9. The number of benzene rings is 1. The highest BCUT2D eigenvalue weighted by Crippen LogP contribution is 2.11. The lowest BCUT2D eigenvalue weighted by Gasteiger charge is -2.31. The predicted molar refractivity (Wildman–Crippen MR) is 68.9 cm³/mol. The second-order valence-corrected chi connectivity index (χ2v) is 5.11. The number of hydrogen-bond acceptors (Lipinski definition) is 2. The number of nitrogens with zero attached hydrogens (tertiary/aromatic N) is 1. The Hall–Kier alpha value is -1.02. The van der Waals surface area contributed by atoms with Gasteiger partial charge in [0.1, 0.15) is 5.75 Å². The summed E-state index contributed by atoms with van der Waals surface area (Å²) < 4.78 is 5.64. The van der Waals surface area contributed by atoms with Crippen molar-refractivity contribution in [2.24, 2.45) is 0 Å². The van der Waals surface area contributed by atoms with Gasteiger partial charge in [0.25, 0.3) is 0 Å². The molecule has 0 spiro atoms. The fourth-order valence-electron chi connectivity index (χ4n) is 1.34. The average molecular weight is 221 g/mol. The summed E-state index contributed by atoms with van der Waals surface area (Å²) in [5.41, 5.74) is 0.243. The van der Waals surface area contributed by atoms with E-state index in [4.69, 9.17) is 4.74 Å². The summed E-state index contributed by atoms with van der Waals surface area (Å²) in [6.45, 7) is 8.53. The van der Waals surface area contributed by atoms with Crippen LogP contribution in [-0.4, -0.2) is 30.6 Å². The van der Waals surface area contributed by atoms with Gasteiger partial charge in [-0.1, -0.05) is 18.2 Å².